The standard InChI is InChI=1S/C10H9N3O7S/c1-5(2)20-10-9-7(13(16)17)3-6(12(14)15)4-8(9)21(18,19)11-10/h3-5H,1-2H3. The third-order valence-corrected chi connectivity index (χ3v) is 3.80. The second kappa shape index (κ2) is 4.77. The van der Waals surface area contributed by atoms with Gasteiger partial charge in [0.25, 0.3) is 21.4 Å². The van der Waals surface area contributed by atoms with Crippen molar-refractivity contribution in [3.8, 4) is 0 Å². The van der Waals surface area contributed by atoms with E-state index in [0.717, 1.165) is 6.07 Å². The second-order valence-corrected chi connectivity index (χ2v) is 5.96. The highest BCUT2D eigenvalue weighted by Crippen LogP contribution is 2.37. The monoisotopic (exact) mass is 315 g/mol. The van der Waals surface area contributed by atoms with Gasteiger partial charge in [0.15, 0.2) is 0 Å². The topological polar surface area (TPSA) is 142 Å². The van der Waals surface area contributed by atoms with Crippen LogP contribution in [0.3, 0.4) is 0 Å². The molecule has 0 atom stereocenters. The first-order chi connectivity index (χ1) is 9.63. The maximum absolute atomic E-state index is 11.9. The summed E-state index contributed by atoms with van der Waals surface area (Å²) in [5, 5.41) is 21.8. The van der Waals surface area contributed by atoms with Crippen molar-refractivity contribution in [1.82, 2.24) is 0 Å². The molecule has 0 saturated carbocycles. The predicted molar refractivity (Wildman–Crippen MR) is 69.7 cm³/mol. The molecule has 10 nitrogen and oxygen atoms in total. The summed E-state index contributed by atoms with van der Waals surface area (Å²) in [4.78, 5) is 19.4. The van der Waals surface area contributed by atoms with Gasteiger partial charge < -0.3 is 4.74 Å². The van der Waals surface area contributed by atoms with Crippen LogP contribution in [-0.4, -0.2) is 30.3 Å². The van der Waals surface area contributed by atoms with Crippen LogP contribution in [0.1, 0.15) is 19.4 Å². The van der Waals surface area contributed by atoms with Gasteiger partial charge in [-0.2, -0.15) is 8.42 Å². The highest BCUT2D eigenvalue weighted by atomic mass is 32.2. The van der Waals surface area contributed by atoms with Crippen LogP contribution in [0, 0.1) is 20.2 Å². The lowest BCUT2D eigenvalue weighted by Crippen LogP contribution is -2.13. The molecule has 0 spiro atoms. The first kappa shape index (κ1) is 14.8. The molecule has 11 heteroatoms. The molecular formula is C10H9N3O7S. The summed E-state index contributed by atoms with van der Waals surface area (Å²) in [7, 11) is -4.26. The smallest absolute Gasteiger partial charge is 0.290 e. The van der Waals surface area contributed by atoms with Gasteiger partial charge in [0, 0.05) is 6.07 Å². The van der Waals surface area contributed by atoms with Crippen molar-refractivity contribution in [3.05, 3.63) is 37.9 Å². The first-order valence-corrected chi connectivity index (χ1v) is 7.06. The van der Waals surface area contributed by atoms with Gasteiger partial charge in [-0.3, -0.25) is 20.2 Å². The molecule has 0 N–H and O–H groups in total. The summed E-state index contributed by atoms with van der Waals surface area (Å²) < 4.78 is 32.2. The lowest BCUT2D eigenvalue weighted by molar-refractivity contribution is -0.394. The average Bonchev–Trinajstić information content (AvgIpc) is 2.59. The van der Waals surface area contributed by atoms with E-state index in [2.05, 4.69) is 4.40 Å². The van der Waals surface area contributed by atoms with Crippen molar-refractivity contribution >= 4 is 27.3 Å². The van der Waals surface area contributed by atoms with E-state index in [9.17, 15) is 28.6 Å². The minimum absolute atomic E-state index is 0.362. The SMILES string of the molecule is CC(C)OC1=NS(=O)(=O)c2cc([N+](=O)[O-])cc([N+](=O)[O-])c21. The van der Waals surface area contributed by atoms with E-state index in [1.807, 2.05) is 0 Å². The van der Waals surface area contributed by atoms with Crippen LogP contribution in [0.5, 0.6) is 0 Å². The van der Waals surface area contributed by atoms with Crippen molar-refractivity contribution in [3.63, 3.8) is 0 Å². The van der Waals surface area contributed by atoms with E-state index in [0.29, 0.717) is 6.07 Å². The Morgan fingerprint density at radius 2 is 1.81 bits per heavy atom. The molecule has 0 aliphatic carbocycles. The maximum atomic E-state index is 11.9. The molecule has 112 valence electrons. The summed E-state index contributed by atoms with van der Waals surface area (Å²) in [5.74, 6) is -0.429. The minimum Gasteiger partial charge on any atom is -0.474 e. The molecule has 0 aromatic heterocycles. The van der Waals surface area contributed by atoms with Gasteiger partial charge in [0.1, 0.15) is 10.5 Å². The third kappa shape index (κ3) is 2.54. The zero-order chi connectivity index (χ0) is 15.9. The van der Waals surface area contributed by atoms with E-state index in [-0.39, 0.29) is 5.56 Å². The Morgan fingerprint density at radius 1 is 1.19 bits per heavy atom. The summed E-state index contributed by atoms with van der Waals surface area (Å²) in [6, 6.07) is 1.41. The number of nitro benzene ring substituents is 2. The van der Waals surface area contributed by atoms with E-state index in [4.69, 9.17) is 4.74 Å². The molecule has 1 heterocycles. The number of fused-ring (bicyclic) bond motifs is 1. The molecule has 0 saturated heterocycles. The number of ether oxygens (including phenoxy) is 1. The van der Waals surface area contributed by atoms with Gasteiger partial charge in [-0.25, -0.2) is 0 Å². The molecule has 1 aromatic rings. The van der Waals surface area contributed by atoms with Crippen LogP contribution >= 0.6 is 0 Å². The zero-order valence-corrected chi connectivity index (χ0v) is 11.7. The van der Waals surface area contributed by atoms with Crippen LogP contribution < -0.4 is 0 Å². The molecule has 0 radical (unpaired) electrons. The number of hydrogen-bond donors (Lipinski definition) is 0. The van der Waals surface area contributed by atoms with Gasteiger partial charge >= 0.3 is 0 Å². The van der Waals surface area contributed by atoms with E-state index in [1.54, 1.807) is 13.8 Å². The molecule has 1 aliphatic heterocycles. The lowest BCUT2D eigenvalue weighted by atomic mass is 10.1. The molecule has 2 rings (SSSR count). The van der Waals surface area contributed by atoms with Crippen LogP contribution in [0.2, 0.25) is 0 Å². The summed E-state index contributed by atoms with van der Waals surface area (Å²) in [5.41, 5.74) is -1.80. The number of non-ortho nitro benzene ring substituents is 1. The van der Waals surface area contributed by atoms with Crippen molar-refractivity contribution in [1.29, 1.82) is 0 Å². The van der Waals surface area contributed by atoms with Crippen molar-refractivity contribution in [2.75, 3.05) is 0 Å². The van der Waals surface area contributed by atoms with E-state index >= 15 is 0 Å². The fourth-order valence-electron chi connectivity index (χ4n) is 1.76. The number of nitrogens with zero attached hydrogens (tertiary/aromatic N) is 3. The Labute approximate surface area is 118 Å². The molecule has 1 aromatic carbocycles. The number of benzene rings is 1. The van der Waals surface area contributed by atoms with Crippen molar-refractivity contribution in [2.45, 2.75) is 24.8 Å². The third-order valence-electron chi connectivity index (χ3n) is 2.52. The number of sulfonamides is 1. The fraction of sp³-hybridized carbons (Fsp3) is 0.300. The Morgan fingerprint density at radius 3 is 2.29 bits per heavy atom. The highest BCUT2D eigenvalue weighted by molar-refractivity contribution is 7.90. The maximum Gasteiger partial charge on any atom is 0.290 e. The molecule has 0 unspecified atom stereocenters. The minimum atomic E-state index is -4.26. The van der Waals surface area contributed by atoms with Gasteiger partial charge in [-0.05, 0) is 13.8 Å². The van der Waals surface area contributed by atoms with Crippen molar-refractivity contribution < 1.29 is 23.0 Å². The van der Waals surface area contributed by atoms with E-state index < -0.39 is 48.1 Å². The molecule has 0 bridgehead atoms. The molecule has 0 fully saturated rings. The largest absolute Gasteiger partial charge is 0.474 e. The summed E-state index contributed by atoms with van der Waals surface area (Å²) >= 11 is 0. The Balaban J connectivity index is 2.79. The first-order valence-electron chi connectivity index (χ1n) is 5.62. The Kier molecular flexibility index (Phi) is 3.37. The Hall–Kier alpha value is -2.56. The highest BCUT2D eigenvalue weighted by Gasteiger charge is 2.40. The number of hydrogen-bond acceptors (Lipinski definition) is 7. The van der Waals surface area contributed by atoms with Gasteiger partial charge in [-0.1, -0.05) is 0 Å². The zero-order valence-electron chi connectivity index (χ0n) is 10.8. The van der Waals surface area contributed by atoms with Gasteiger partial charge in [-0.15, -0.1) is 4.40 Å². The van der Waals surface area contributed by atoms with Gasteiger partial charge in [0.05, 0.1) is 22.0 Å². The van der Waals surface area contributed by atoms with Crippen LogP contribution in [-0.2, 0) is 14.8 Å². The second-order valence-electron chi connectivity index (χ2n) is 4.39. The van der Waals surface area contributed by atoms with Crippen molar-refractivity contribution in [2.24, 2.45) is 4.40 Å². The van der Waals surface area contributed by atoms with Crippen LogP contribution in [0.4, 0.5) is 11.4 Å². The predicted octanol–water partition coefficient (Wildman–Crippen LogP) is 1.38. The Bertz CT molecular complexity index is 782. The molecular weight excluding hydrogens is 306 g/mol. The fourth-order valence-corrected chi connectivity index (χ4v) is 2.93. The summed E-state index contributed by atoms with van der Waals surface area (Å²) in [6.07, 6.45) is -0.473. The quantitative estimate of drug-likeness (QED) is 0.605. The normalized spacial score (nSPS) is 15.5. The van der Waals surface area contributed by atoms with Crippen LogP contribution in [0.15, 0.2) is 21.4 Å². The lowest BCUT2D eigenvalue weighted by Gasteiger charge is -2.09. The summed E-state index contributed by atoms with van der Waals surface area (Å²) in [6.45, 7) is 3.18. The molecule has 0 amide bonds. The van der Waals surface area contributed by atoms with Gasteiger partial charge in [0.2, 0.25) is 5.90 Å². The number of rotatable bonds is 3. The average molecular weight is 315 g/mol. The number of nitro groups is 2. The van der Waals surface area contributed by atoms with Crippen LogP contribution in [0.25, 0.3) is 0 Å². The molecule has 21 heavy (non-hydrogen) atoms. The van der Waals surface area contributed by atoms with E-state index in [1.165, 1.54) is 0 Å². The molecule has 1 aliphatic rings.